The van der Waals surface area contributed by atoms with Crippen molar-refractivity contribution < 1.29 is 9.53 Å². The number of likely N-dealkylation sites (N-methyl/N-ethyl adjacent to an activating group) is 1. The number of nitrogens with zero attached hydrogens (tertiary/aromatic N) is 3. The van der Waals surface area contributed by atoms with E-state index in [1.54, 1.807) is 7.11 Å². The zero-order valence-electron chi connectivity index (χ0n) is 22.4. The van der Waals surface area contributed by atoms with Crippen LogP contribution in [0.5, 0.6) is 5.75 Å². The highest BCUT2D eigenvalue weighted by molar-refractivity contribution is 6.13. The standard InChI is InChI=1S/C32H33N5O2/c1-36-15-6-16-37(18-17-36)21-22-11-13-23(14-12-22)32(38)35-29-20-27-26-9-3-4-10-28(26)33-31(27)30(34-29)24-7-5-8-25(19-24)39-2/h3-5,7-14,19-20,33H,6,15-18,21H2,1-2H3,(H,34,35,38). The molecule has 7 nitrogen and oxygen atoms in total. The maximum absolute atomic E-state index is 13.3. The minimum atomic E-state index is -0.179. The number of carbonyl (C=O) groups excluding carboxylic acids is 1. The van der Waals surface area contributed by atoms with Crippen LogP contribution in [0.1, 0.15) is 22.3 Å². The molecule has 5 aromatic rings. The van der Waals surface area contributed by atoms with Crippen molar-refractivity contribution in [2.24, 2.45) is 0 Å². The van der Waals surface area contributed by atoms with Crippen molar-refractivity contribution in [2.75, 3.05) is 45.7 Å². The van der Waals surface area contributed by atoms with Gasteiger partial charge in [-0.25, -0.2) is 4.98 Å². The molecule has 0 radical (unpaired) electrons. The predicted molar refractivity (Wildman–Crippen MR) is 157 cm³/mol. The Morgan fingerprint density at radius 2 is 1.79 bits per heavy atom. The van der Waals surface area contributed by atoms with Gasteiger partial charge in [0, 0.05) is 47.1 Å². The summed E-state index contributed by atoms with van der Waals surface area (Å²) < 4.78 is 5.46. The lowest BCUT2D eigenvalue weighted by atomic mass is 10.1. The summed E-state index contributed by atoms with van der Waals surface area (Å²) in [6.07, 6.45) is 1.18. The van der Waals surface area contributed by atoms with Gasteiger partial charge in [-0.05, 0) is 68.5 Å². The Kier molecular flexibility index (Phi) is 7.00. The van der Waals surface area contributed by atoms with Crippen molar-refractivity contribution in [1.29, 1.82) is 0 Å². The number of pyridine rings is 1. The molecule has 39 heavy (non-hydrogen) atoms. The average Bonchev–Trinajstić information content (AvgIpc) is 3.21. The second kappa shape index (κ2) is 10.9. The maximum Gasteiger partial charge on any atom is 0.256 e. The summed E-state index contributed by atoms with van der Waals surface area (Å²) in [5.41, 5.74) is 5.44. The molecule has 7 heteroatoms. The summed E-state index contributed by atoms with van der Waals surface area (Å²) in [5.74, 6) is 1.08. The second-order valence-electron chi connectivity index (χ2n) is 10.3. The van der Waals surface area contributed by atoms with E-state index in [0.717, 1.165) is 71.5 Å². The number of benzene rings is 3. The van der Waals surface area contributed by atoms with E-state index in [9.17, 15) is 4.79 Å². The van der Waals surface area contributed by atoms with Crippen molar-refractivity contribution >= 4 is 33.5 Å². The van der Waals surface area contributed by atoms with E-state index in [-0.39, 0.29) is 5.91 Å². The lowest BCUT2D eigenvalue weighted by Crippen LogP contribution is -2.28. The van der Waals surface area contributed by atoms with Gasteiger partial charge in [-0.2, -0.15) is 0 Å². The highest BCUT2D eigenvalue weighted by Crippen LogP contribution is 2.35. The van der Waals surface area contributed by atoms with Gasteiger partial charge in [0.1, 0.15) is 11.6 Å². The second-order valence-corrected chi connectivity index (χ2v) is 10.3. The van der Waals surface area contributed by atoms with E-state index in [1.807, 2.05) is 60.7 Å². The SMILES string of the molecule is COc1cccc(-c2nc(NC(=O)c3ccc(CN4CCCN(C)CC4)cc3)cc3c2[nH]c2ccccc23)c1. The Bertz CT molecular complexity index is 1630. The van der Waals surface area contributed by atoms with Gasteiger partial charge in [0.2, 0.25) is 0 Å². The van der Waals surface area contributed by atoms with Crippen LogP contribution in [0.3, 0.4) is 0 Å². The van der Waals surface area contributed by atoms with Gasteiger partial charge in [-0.15, -0.1) is 0 Å². The molecule has 0 spiro atoms. The third-order valence-corrected chi connectivity index (χ3v) is 7.52. The molecule has 1 fully saturated rings. The first-order valence-electron chi connectivity index (χ1n) is 13.4. The van der Waals surface area contributed by atoms with Crippen molar-refractivity contribution in [2.45, 2.75) is 13.0 Å². The van der Waals surface area contributed by atoms with Crippen LogP contribution in [-0.2, 0) is 6.54 Å². The van der Waals surface area contributed by atoms with Crippen molar-refractivity contribution in [3.05, 3.63) is 90.0 Å². The number of aromatic amines is 1. The number of aromatic nitrogens is 2. The largest absolute Gasteiger partial charge is 0.497 e. The molecule has 0 atom stereocenters. The summed E-state index contributed by atoms with van der Waals surface area (Å²) >= 11 is 0. The minimum absolute atomic E-state index is 0.179. The number of para-hydroxylation sites is 1. The molecule has 198 valence electrons. The first kappa shape index (κ1) is 25.1. The number of anilines is 1. The normalized spacial score (nSPS) is 14.9. The fraction of sp³-hybridized carbons (Fsp3) is 0.250. The number of hydrogen-bond acceptors (Lipinski definition) is 5. The van der Waals surface area contributed by atoms with E-state index in [4.69, 9.17) is 9.72 Å². The van der Waals surface area contributed by atoms with Crippen molar-refractivity contribution in [1.82, 2.24) is 19.8 Å². The predicted octanol–water partition coefficient (Wildman–Crippen LogP) is 5.78. The first-order valence-corrected chi connectivity index (χ1v) is 13.4. The van der Waals surface area contributed by atoms with Crippen LogP contribution in [0, 0.1) is 0 Å². The van der Waals surface area contributed by atoms with E-state index < -0.39 is 0 Å². The number of amides is 1. The van der Waals surface area contributed by atoms with Gasteiger partial charge in [-0.3, -0.25) is 9.69 Å². The van der Waals surface area contributed by atoms with Gasteiger partial charge >= 0.3 is 0 Å². The summed E-state index contributed by atoms with van der Waals surface area (Å²) in [4.78, 5) is 26.6. The number of ether oxygens (including phenoxy) is 1. The Balaban J connectivity index is 1.28. The van der Waals surface area contributed by atoms with Gasteiger partial charge in [0.15, 0.2) is 0 Å². The fourth-order valence-corrected chi connectivity index (χ4v) is 5.36. The zero-order chi connectivity index (χ0) is 26.8. The molecule has 2 N–H and O–H groups in total. The summed E-state index contributed by atoms with van der Waals surface area (Å²) in [5, 5.41) is 5.14. The molecule has 1 saturated heterocycles. The third kappa shape index (κ3) is 5.37. The minimum Gasteiger partial charge on any atom is -0.497 e. The molecular weight excluding hydrogens is 486 g/mol. The molecule has 1 aliphatic rings. The topological polar surface area (TPSA) is 73.5 Å². The number of carbonyl (C=O) groups is 1. The van der Waals surface area contributed by atoms with Crippen LogP contribution in [0.15, 0.2) is 78.9 Å². The molecule has 1 aliphatic heterocycles. The van der Waals surface area contributed by atoms with Crippen LogP contribution >= 0.6 is 0 Å². The highest BCUT2D eigenvalue weighted by Gasteiger charge is 2.17. The zero-order valence-corrected chi connectivity index (χ0v) is 22.4. The number of rotatable bonds is 6. The summed E-state index contributed by atoms with van der Waals surface area (Å²) in [6, 6.07) is 25.8. The molecule has 3 heterocycles. The smallest absolute Gasteiger partial charge is 0.256 e. The van der Waals surface area contributed by atoms with E-state index in [1.165, 1.54) is 12.0 Å². The Morgan fingerprint density at radius 3 is 2.64 bits per heavy atom. The summed E-state index contributed by atoms with van der Waals surface area (Å²) in [6.45, 7) is 5.30. The van der Waals surface area contributed by atoms with Gasteiger partial charge in [0.25, 0.3) is 5.91 Å². The number of H-pyrrole nitrogens is 1. The maximum atomic E-state index is 13.3. The van der Waals surface area contributed by atoms with E-state index in [0.29, 0.717) is 11.4 Å². The molecule has 1 amide bonds. The molecule has 0 aliphatic carbocycles. The summed E-state index contributed by atoms with van der Waals surface area (Å²) in [7, 11) is 3.83. The van der Waals surface area contributed by atoms with Crippen LogP contribution in [0.2, 0.25) is 0 Å². The first-order chi connectivity index (χ1) is 19.1. The van der Waals surface area contributed by atoms with Gasteiger partial charge in [-0.1, -0.05) is 42.5 Å². The average molecular weight is 520 g/mol. The monoisotopic (exact) mass is 519 g/mol. The molecule has 2 aromatic heterocycles. The molecule has 0 bridgehead atoms. The molecule has 3 aromatic carbocycles. The Morgan fingerprint density at radius 1 is 0.949 bits per heavy atom. The number of nitrogens with one attached hydrogen (secondary N) is 2. The quantitative estimate of drug-likeness (QED) is 0.297. The van der Waals surface area contributed by atoms with Crippen molar-refractivity contribution in [3.8, 4) is 17.0 Å². The van der Waals surface area contributed by atoms with Gasteiger partial charge in [0.05, 0.1) is 18.3 Å². The molecule has 6 rings (SSSR count). The van der Waals surface area contributed by atoms with Crippen LogP contribution in [-0.4, -0.2) is 66.0 Å². The molecule has 0 unspecified atom stereocenters. The highest BCUT2D eigenvalue weighted by atomic mass is 16.5. The van der Waals surface area contributed by atoms with Crippen molar-refractivity contribution in [3.63, 3.8) is 0 Å². The lowest BCUT2D eigenvalue weighted by molar-refractivity contribution is 0.102. The number of hydrogen-bond donors (Lipinski definition) is 2. The third-order valence-electron chi connectivity index (χ3n) is 7.52. The van der Waals surface area contributed by atoms with E-state index in [2.05, 4.69) is 45.3 Å². The lowest BCUT2D eigenvalue weighted by Gasteiger charge is -2.20. The van der Waals surface area contributed by atoms with Crippen LogP contribution in [0.4, 0.5) is 5.82 Å². The molecule has 0 saturated carbocycles. The van der Waals surface area contributed by atoms with Crippen LogP contribution < -0.4 is 10.1 Å². The van der Waals surface area contributed by atoms with Gasteiger partial charge < -0.3 is 19.9 Å². The van der Waals surface area contributed by atoms with E-state index >= 15 is 0 Å². The van der Waals surface area contributed by atoms with Crippen LogP contribution in [0.25, 0.3) is 33.1 Å². The number of fused-ring (bicyclic) bond motifs is 3. The Hall–Kier alpha value is -4.20. The fourth-order valence-electron chi connectivity index (χ4n) is 5.36. The Labute approximate surface area is 228 Å². The number of methoxy groups -OCH3 is 1. The molecular formula is C32H33N5O2.